The number of Topliss-reactive ketones (excluding diaryl/α,β-unsaturated/α-hetero) is 1. The molecule has 4 rings (SSSR count). The van der Waals surface area contributed by atoms with Crippen LogP contribution in [0.2, 0.25) is 0 Å². The van der Waals surface area contributed by atoms with Crippen LogP contribution in [-0.4, -0.2) is 23.3 Å². The summed E-state index contributed by atoms with van der Waals surface area (Å²) < 4.78 is 11.1. The first-order valence-electron chi connectivity index (χ1n) is 12.4. The van der Waals surface area contributed by atoms with E-state index in [4.69, 9.17) is 9.47 Å². The van der Waals surface area contributed by atoms with E-state index >= 15 is 0 Å². The summed E-state index contributed by atoms with van der Waals surface area (Å²) in [5.41, 5.74) is 4.08. The maximum atomic E-state index is 13.4. The van der Waals surface area contributed by atoms with Crippen LogP contribution in [0.25, 0.3) is 0 Å². The number of benzene rings is 2. The third-order valence-corrected chi connectivity index (χ3v) is 6.76. The van der Waals surface area contributed by atoms with Gasteiger partial charge in [-0.15, -0.1) is 0 Å². The van der Waals surface area contributed by atoms with Gasteiger partial charge in [-0.3, -0.25) is 14.9 Å². The number of nitrogens with one attached hydrogen (secondary N) is 1. The highest BCUT2D eigenvalue weighted by Gasteiger charge is 2.43. The van der Waals surface area contributed by atoms with Crippen LogP contribution in [0.1, 0.15) is 63.1 Å². The number of aryl methyl sites for hydroxylation is 1. The smallest absolute Gasteiger partial charge is 0.336 e. The first-order chi connectivity index (χ1) is 17.5. The van der Waals surface area contributed by atoms with E-state index in [2.05, 4.69) is 5.32 Å². The molecule has 1 N–H and O–H groups in total. The van der Waals surface area contributed by atoms with E-state index in [-0.39, 0.29) is 41.4 Å². The molecule has 2 aliphatic rings. The molecule has 8 heteroatoms. The van der Waals surface area contributed by atoms with E-state index in [1.165, 1.54) is 6.07 Å². The number of nitrogens with zero attached hydrogens (tertiary/aromatic N) is 1. The summed E-state index contributed by atoms with van der Waals surface area (Å²) in [5.74, 6) is -1.29. The lowest BCUT2D eigenvalue weighted by atomic mass is 9.68. The highest BCUT2D eigenvalue weighted by Crippen LogP contribution is 2.47. The van der Waals surface area contributed by atoms with Gasteiger partial charge in [-0.25, -0.2) is 4.79 Å². The van der Waals surface area contributed by atoms with Crippen molar-refractivity contribution in [1.82, 2.24) is 5.32 Å². The number of hydrogen-bond acceptors (Lipinski definition) is 7. The predicted molar refractivity (Wildman–Crippen MR) is 139 cm³/mol. The van der Waals surface area contributed by atoms with Crippen LogP contribution in [0.5, 0.6) is 5.75 Å². The van der Waals surface area contributed by atoms with Gasteiger partial charge in [0.05, 0.1) is 17.1 Å². The number of ketones is 1. The van der Waals surface area contributed by atoms with Crippen molar-refractivity contribution in [3.63, 3.8) is 0 Å². The average molecular weight is 505 g/mol. The lowest BCUT2D eigenvalue weighted by molar-refractivity contribution is -0.386. The standard InChI is InChI=1S/C29H32N2O6/c1-6-36-28(33)25-18(3)30-21-14-29(4,5)15-23(32)27(21)26(25)20-11-12-24(22(13-20)31(34)35)37-16-19-9-7-17(2)8-10-19/h7-13,26,30H,6,14-16H2,1-5H3. The summed E-state index contributed by atoms with van der Waals surface area (Å²) in [6.07, 6.45) is 0.941. The van der Waals surface area contributed by atoms with Gasteiger partial charge < -0.3 is 14.8 Å². The fraction of sp³-hybridized carbons (Fsp3) is 0.379. The Morgan fingerprint density at radius 3 is 2.49 bits per heavy atom. The first kappa shape index (κ1) is 26.1. The maximum Gasteiger partial charge on any atom is 0.336 e. The summed E-state index contributed by atoms with van der Waals surface area (Å²) >= 11 is 0. The van der Waals surface area contributed by atoms with Gasteiger partial charge in [-0.1, -0.05) is 49.7 Å². The van der Waals surface area contributed by atoms with Gasteiger partial charge in [0.1, 0.15) is 6.61 Å². The number of carbonyl (C=O) groups is 2. The van der Waals surface area contributed by atoms with Crippen molar-refractivity contribution < 1.29 is 24.0 Å². The second-order valence-corrected chi connectivity index (χ2v) is 10.4. The van der Waals surface area contributed by atoms with Crippen LogP contribution >= 0.6 is 0 Å². The maximum absolute atomic E-state index is 13.4. The third-order valence-electron chi connectivity index (χ3n) is 6.76. The second-order valence-electron chi connectivity index (χ2n) is 10.4. The molecule has 0 bridgehead atoms. The highest BCUT2D eigenvalue weighted by molar-refractivity contribution is 6.04. The Morgan fingerprint density at radius 1 is 1.14 bits per heavy atom. The van der Waals surface area contributed by atoms with E-state index in [0.29, 0.717) is 29.7 Å². The molecule has 37 heavy (non-hydrogen) atoms. The van der Waals surface area contributed by atoms with Gasteiger partial charge in [0, 0.05) is 35.4 Å². The molecule has 0 spiro atoms. The number of nitro benzene ring substituents is 1. The molecule has 0 amide bonds. The normalized spacial score (nSPS) is 18.7. The molecule has 0 saturated carbocycles. The molecule has 1 aliphatic carbocycles. The van der Waals surface area contributed by atoms with Crippen LogP contribution in [0.15, 0.2) is 65.0 Å². The Kier molecular flexibility index (Phi) is 7.21. The number of nitro groups is 1. The Morgan fingerprint density at radius 2 is 1.84 bits per heavy atom. The Balaban J connectivity index is 1.78. The third kappa shape index (κ3) is 5.43. The number of allylic oxidation sites excluding steroid dienone is 3. The molecule has 1 unspecified atom stereocenters. The molecule has 8 nitrogen and oxygen atoms in total. The van der Waals surface area contributed by atoms with Crippen molar-refractivity contribution in [2.45, 2.75) is 60.0 Å². The molecular weight excluding hydrogens is 472 g/mol. The minimum Gasteiger partial charge on any atom is -0.482 e. The quantitative estimate of drug-likeness (QED) is 0.295. The zero-order valence-corrected chi connectivity index (χ0v) is 21.8. The van der Waals surface area contributed by atoms with Crippen molar-refractivity contribution in [1.29, 1.82) is 0 Å². The van der Waals surface area contributed by atoms with Gasteiger partial charge in [-0.2, -0.15) is 0 Å². The summed E-state index contributed by atoms with van der Waals surface area (Å²) in [5, 5.41) is 15.3. The van der Waals surface area contributed by atoms with E-state index in [1.54, 1.807) is 26.0 Å². The van der Waals surface area contributed by atoms with Gasteiger partial charge in [0.2, 0.25) is 0 Å². The molecule has 1 heterocycles. The molecule has 0 saturated heterocycles. The zero-order chi connectivity index (χ0) is 26.9. The van der Waals surface area contributed by atoms with Crippen molar-refractivity contribution in [3.05, 3.63) is 91.8 Å². The molecule has 2 aromatic rings. The summed E-state index contributed by atoms with van der Waals surface area (Å²) in [7, 11) is 0. The summed E-state index contributed by atoms with van der Waals surface area (Å²) in [4.78, 5) is 38.0. The average Bonchev–Trinajstić information content (AvgIpc) is 2.82. The van der Waals surface area contributed by atoms with Gasteiger partial charge in [-0.05, 0) is 49.8 Å². The predicted octanol–water partition coefficient (Wildman–Crippen LogP) is 5.65. The van der Waals surface area contributed by atoms with Gasteiger partial charge in [0.15, 0.2) is 11.5 Å². The van der Waals surface area contributed by atoms with Crippen molar-refractivity contribution in [2.75, 3.05) is 6.61 Å². The molecule has 0 radical (unpaired) electrons. The molecule has 194 valence electrons. The molecule has 1 atom stereocenters. The van der Waals surface area contributed by atoms with Crippen LogP contribution < -0.4 is 10.1 Å². The zero-order valence-electron chi connectivity index (χ0n) is 21.8. The van der Waals surface area contributed by atoms with E-state index in [0.717, 1.165) is 16.8 Å². The number of esters is 1. The van der Waals surface area contributed by atoms with Crippen LogP contribution in [0, 0.1) is 22.5 Å². The minimum absolute atomic E-state index is 0.0830. The number of rotatable bonds is 7. The molecule has 1 aliphatic heterocycles. The largest absolute Gasteiger partial charge is 0.482 e. The number of ether oxygens (including phenoxy) is 2. The van der Waals surface area contributed by atoms with Gasteiger partial charge >= 0.3 is 11.7 Å². The van der Waals surface area contributed by atoms with Crippen LogP contribution in [0.3, 0.4) is 0 Å². The SMILES string of the molecule is CCOC(=O)C1=C(C)NC2=C(C(=O)CC(C)(C)C2)C1c1ccc(OCc2ccc(C)cc2)c([N+](=O)[O-])c1. The lowest BCUT2D eigenvalue weighted by Crippen LogP contribution is -2.38. The van der Waals surface area contributed by atoms with E-state index in [9.17, 15) is 19.7 Å². The Labute approximate surface area is 216 Å². The molecule has 2 aromatic carbocycles. The fourth-order valence-electron chi connectivity index (χ4n) is 5.07. The fourth-order valence-corrected chi connectivity index (χ4v) is 5.07. The monoisotopic (exact) mass is 504 g/mol. The number of carbonyl (C=O) groups excluding carboxylic acids is 2. The molecule has 0 aromatic heterocycles. The lowest BCUT2D eigenvalue weighted by Gasteiger charge is -2.39. The topological polar surface area (TPSA) is 108 Å². The number of dihydropyridines is 1. The molecule has 0 fully saturated rings. The van der Waals surface area contributed by atoms with Crippen molar-refractivity contribution >= 4 is 17.4 Å². The van der Waals surface area contributed by atoms with Gasteiger partial charge in [0.25, 0.3) is 0 Å². The van der Waals surface area contributed by atoms with Crippen molar-refractivity contribution in [2.24, 2.45) is 5.41 Å². The first-order valence-corrected chi connectivity index (χ1v) is 12.4. The summed E-state index contributed by atoms with van der Waals surface area (Å²) in [6.45, 7) is 9.85. The second kappa shape index (κ2) is 10.2. The van der Waals surface area contributed by atoms with Crippen molar-refractivity contribution in [3.8, 4) is 5.75 Å². The van der Waals surface area contributed by atoms with E-state index in [1.807, 2.05) is 45.0 Å². The number of hydrogen-bond donors (Lipinski definition) is 1. The minimum atomic E-state index is -0.774. The highest BCUT2D eigenvalue weighted by atomic mass is 16.6. The molecular formula is C29H32N2O6. The van der Waals surface area contributed by atoms with Crippen LogP contribution in [0.4, 0.5) is 5.69 Å². The van der Waals surface area contributed by atoms with E-state index < -0.39 is 16.8 Å². The van der Waals surface area contributed by atoms with Crippen LogP contribution in [-0.2, 0) is 20.9 Å². The summed E-state index contributed by atoms with van der Waals surface area (Å²) in [6, 6.07) is 12.4. The Hall–Kier alpha value is -3.94. The Bertz CT molecular complexity index is 1320.